The molecule has 3 saturated heterocycles. The molecule has 0 spiro atoms. The number of carbonyl (C=O) groups is 2. The van der Waals surface area contributed by atoms with E-state index in [2.05, 4.69) is 31.9 Å². The summed E-state index contributed by atoms with van der Waals surface area (Å²) in [6.45, 7) is 5.53. The fraction of sp³-hybridized carbons (Fsp3) is 0.500. The van der Waals surface area contributed by atoms with Crippen molar-refractivity contribution in [1.29, 1.82) is 0 Å². The first kappa shape index (κ1) is 25.0. The maximum absolute atomic E-state index is 13.8. The second kappa shape index (κ2) is 10.1. The molecule has 4 atom stereocenters. The summed E-state index contributed by atoms with van der Waals surface area (Å²) >= 11 is 0. The number of aromatic nitrogens is 2. The molecule has 4 heterocycles. The normalized spacial score (nSPS) is 24.4. The number of hydrogen-bond acceptors (Lipinski definition) is 4. The number of nitrogens with zero attached hydrogens (tertiary/aromatic N) is 4. The van der Waals surface area contributed by atoms with Crippen molar-refractivity contribution < 1.29 is 14.0 Å². The molecule has 200 valence electrons. The summed E-state index contributed by atoms with van der Waals surface area (Å²) in [6.07, 6.45) is 5.35. The van der Waals surface area contributed by atoms with Gasteiger partial charge >= 0.3 is 0 Å². The van der Waals surface area contributed by atoms with E-state index in [9.17, 15) is 14.0 Å². The van der Waals surface area contributed by atoms with Crippen LogP contribution >= 0.6 is 0 Å². The van der Waals surface area contributed by atoms with Gasteiger partial charge in [0.2, 0.25) is 11.8 Å². The van der Waals surface area contributed by atoms with Crippen LogP contribution in [-0.2, 0) is 9.59 Å². The molecule has 3 aliphatic rings. The third-order valence-electron chi connectivity index (χ3n) is 8.94. The van der Waals surface area contributed by atoms with E-state index in [-0.39, 0.29) is 29.6 Å². The molecule has 3 aliphatic heterocycles. The third-order valence-corrected chi connectivity index (χ3v) is 8.94. The van der Waals surface area contributed by atoms with E-state index in [0.29, 0.717) is 31.2 Å². The highest BCUT2D eigenvalue weighted by Gasteiger charge is 2.42. The van der Waals surface area contributed by atoms with E-state index in [1.807, 2.05) is 31.2 Å². The van der Waals surface area contributed by atoms with Crippen molar-refractivity contribution in [1.82, 2.24) is 24.7 Å². The summed E-state index contributed by atoms with van der Waals surface area (Å²) in [4.78, 5) is 33.6. The number of amides is 2. The number of likely N-dealkylation sites (tertiary alicyclic amines) is 1. The highest BCUT2D eigenvalue weighted by molar-refractivity contribution is 5.84. The molecule has 6 rings (SSSR count). The smallest absolute Gasteiger partial charge is 0.227 e. The number of aryl methyl sites for hydroxylation is 1. The summed E-state index contributed by atoms with van der Waals surface area (Å²) in [7, 11) is 0. The molecule has 2 bridgehead atoms. The van der Waals surface area contributed by atoms with Crippen LogP contribution in [0.25, 0.3) is 11.0 Å². The van der Waals surface area contributed by atoms with Crippen molar-refractivity contribution in [3.63, 3.8) is 0 Å². The predicted molar refractivity (Wildman–Crippen MR) is 144 cm³/mol. The number of halogens is 1. The Labute approximate surface area is 223 Å². The highest BCUT2D eigenvalue weighted by Crippen LogP contribution is 2.42. The Morgan fingerprint density at radius 1 is 1.05 bits per heavy atom. The van der Waals surface area contributed by atoms with Gasteiger partial charge in [-0.15, -0.1) is 0 Å². The molecule has 2 amide bonds. The minimum Gasteiger partial charge on any atom is -0.349 e. The summed E-state index contributed by atoms with van der Waals surface area (Å²) in [5, 5.41) is 3.30. The van der Waals surface area contributed by atoms with Crippen molar-refractivity contribution in [2.45, 2.75) is 70.1 Å². The molecule has 1 aromatic heterocycles. The van der Waals surface area contributed by atoms with Crippen LogP contribution in [0.5, 0.6) is 0 Å². The molecule has 3 fully saturated rings. The summed E-state index contributed by atoms with van der Waals surface area (Å²) in [5.41, 5.74) is 2.88. The van der Waals surface area contributed by atoms with E-state index < -0.39 is 0 Å². The van der Waals surface area contributed by atoms with Gasteiger partial charge in [-0.1, -0.05) is 30.3 Å². The molecule has 8 heteroatoms. The monoisotopic (exact) mass is 517 g/mol. The van der Waals surface area contributed by atoms with Crippen molar-refractivity contribution in [2.75, 3.05) is 19.6 Å². The number of carbonyl (C=O) groups excluding carboxylic acids is 2. The molecule has 3 aromatic rings. The maximum atomic E-state index is 13.8. The summed E-state index contributed by atoms with van der Waals surface area (Å²) in [5.74, 6) is 0.648. The molecule has 1 N–H and O–H groups in total. The lowest BCUT2D eigenvalue weighted by atomic mass is 9.94. The second-order valence-corrected chi connectivity index (χ2v) is 11.3. The minimum absolute atomic E-state index is 0.0265. The first-order valence-corrected chi connectivity index (χ1v) is 13.9. The van der Waals surface area contributed by atoms with E-state index in [1.165, 1.54) is 25.0 Å². The molecule has 2 aromatic carbocycles. The van der Waals surface area contributed by atoms with Gasteiger partial charge in [0.05, 0.1) is 23.0 Å². The fourth-order valence-electron chi connectivity index (χ4n) is 6.95. The topological polar surface area (TPSA) is 70.5 Å². The number of benzene rings is 2. The van der Waals surface area contributed by atoms with E-state index in [0.717, 1.165) is 48.2 Å². The van der Waals surface area contributed by atoms with Gasteiger partial charge in [0, 0.05) is 50.7 Å². The first-order chi connectivity index (χ1) is 18.4. The lowest BCUT2D eigenvalue weighted by Gasteiger charge is -2.41. The molecular formula is C30H36FN5O2. The number of fused-ring (bicyclic) bond motifs is 3. The lowest BCUT2D eigenvalue weighted by Crippen LogP contribution is -2.55. The molecule has 0 unspecified atom stereocenters. The Morgan fingerprint density at radius 2 is 1.76 bits per heavy atom. The molecule has 0 radical (unpaired) electrons. The van der Waals surface area contributed by atoms with Crippen molar-refractivity contribution >= 4 is 22.8 Å². The van der Waals surface area contributed by atoms with Crippen molar-refractivity contribution in [3.05, 3.63) is 65.7 Å². The molecule has 38 heavy (non-hydrogen) atoms. The highest BCUT2D eigenvalue weighted by atomic mass is 19.1. The van der Waals surface area contributed by atoms with Gasteiger partial charge in [0.25, 0.3) is 0 Å². The van der Waals surface area contributed by atoms with Crippen LogP contribution in [0.3, 0.4) is 0 Å². The average Bonchev–Trinajstić information content (AvgIpc) is 3.30. The van der Waals surface area contributed by atoms with E-state index >= 15 is 0 Å². The average molecular weight is 518 g/mol. The Morgan fingerprint density at radius 3 is 2.45 bits per heavy atom. The summed E-state index contributed by atoms with van der Waals surface area (Å²) in [6, 6.07) is 16.5. The molecular weight excluding hydrogens is 481 g/mol. The molecule has 0 aliphatic carbocycles. The van der Waals surface area contributed by atoms with Crippen LogP contribution < -0.4 is 5.32 Å². The third kappa shape index (κ3) is 4.70. The predicted octanol–water partition coefficient (Wildman–Crippen LogP) is 4.38. The van der Waals surface area contributed by atoms with Gasteiger partial charge in [-0.05, 0) is 56.7 Å². The number of nitrogens with one attached hydrogen (secondary N) is 1. The van der Waals surface area contributed by atoms with Crippen LogP contribution in [0, 0.1) is 18.7 Å². The lowest BCUT2D eigenvalue weighted by molar-refractivity contribution is -0.141. The van der Waals surface area contributed by atoms with Crippen LogP contribution in [-0.4, -0.2) is 62.9 Å². The summed E-state index contributed by atoms with van der Waals surface area (Å²) < 4.78 is 16.1. The van der Waals surface area contributed by atoms with E-state index in [4.69, 9.17) is 0 Å². The maximum Gasteiger partial charge on any atom is 0.227 e. The van der Waals surface area contributed by atoms with Gasteiger partial charge in [-0.25, -0.2) is 9.37 Å². The number of hydrogen-bond donors (Lipinski definition) is 1. The Kier molecular flexibility index (Phi) is 6.68. The van der Waals surface area contributed by atoms with Crippen LogP contribution in [0.4, 0.5) is 4.39 Å². The second-order valence-electron chi connectivity index (χ2n) is 11.3. The fourth-order valence-corrected chi connectivity index (χ4v) is 6.95. The molecule has 7 nitrogen and oxygen atoms in total. The van der Waals surface area contributed by atoms with Crippen LogP contribution in [0.2, 0.25) is 0 Å². The van der Waals surface area contributed by atoms with Gasteiger partial charge in [-0.2, -0.15) is 0 Å². The van der Waals surface area contributed by atoms with Gasteiger partial charge < -0.3 is 14.8 Å². The number of rotatable bonds is 7. The number of imidazole rings is 1. The van der Waals surface area contributed by atoms with Crippen LogP contribution in [0.15, 0.2) is 48.5 Å². The SMILES string of the molecule is CC(=O)N1CC(C(=O)N[C@@H](CCN2[C@@H]3CC[C@H]2C[C@H](n2c(C)nc4cc(F)ccc42)C3)c2ccccc2)C1. The quantitative estimate of drug-likeness (QED) is 0.505. The standard InChI is InChI=1S/C30H36FN5O2/c1-19-32-28-14-23(31)8-11-29(28)36(19)26-15-24-9-10-25(16-26)35(24)13-12-27(21-6-4-3-5-7-21)33-30(38)22-17-34(18-22)20(2)37/h3-8,11,14,22,24-27H,9-10,12-13,15-18H2,1-2H3,(H,33,38)/t24-,25+,26-,27-/m0/s1. The Hall–Kier alpha value is -3.26. The molecule has 0 saturated carbocycles. The zero-order valence-electron chi connectivity index (χ0n) is 22.1. The van der Waals surface area contributed by atoms with Gasteiger partial charge in [0.15, 0.2) is 0 Å². The van der Waals surface area contributed by atoms with Crippen molar-refractivity contribution in [2.24, 2.45) is 5.92 Å². The zero-order chi connectivity index (χ0) is 26.4. The van der Waals surface area contributed by atoms with Gasteiger partial charge in [-0.3, -0.25) is 14.5 Å². The largest absolute Gasteiger partial charge is 0.349 e. The first-order valence-electron chi connectivity index (χ1n) is 13.9. The number of piperidine rings is 1. The Balaban J connectivity index is 1.13. The van der Waals surface area contributed by atoms with Crippen LogP contribution in [0.1, 0.15) is 62.5 Å². The van der Waals surface area contributed by atoms with Crippen molar-refractivity contribution in [3.8, 4) is 0 Å². The Bertz CT molecular complexity index is 1320. The minimum atomic E-state index is -0.245. The van der Waals surface area contributed by atoms with Gasteiger partial charge in [0.1, 0.15) is 11.6 Å². The zero-order valence-corrected chi connectivity index (χ0v) is 22.1. The van der Waals surface area contributed by atoms with E-state index in [1.54, 1.807) is 11.8 Å².